The van der Waals surface area contributed by atoms with E-state index in [9.17, 15) is 13.5 Å². The molecule has 0 aromatic rings. The monoisotopic (exact) mass is 220 g/mol. The Bertz CT molecular complexity index is 259. The average Bonchev–Trinajstić information content (AvgIpc) is 2.17. The molecule has 0 saturated heterocycles. The van der Waals surface area contributed by atoms with Crippen LogP contribution in [0.3, 0.4) is 0 Å². The number of hydrogen-bond donors (Lipinski definition) is 1. The van der Waals surface area contributed by atoms with E-state index in [1.54, 1.807) is 6.92 Å². The number of hydrogen-bond acceptors (Lipinski definition) is 3. The molecule has 0 aliphatic heterocycles. The molecule has 2 atom stereocenters. The molecule has 1 saturated carbocycles. The van der Waals surface area contributed by atoms with Gasteiger partial charge in [-0.2, -0.15) is 0 Å². The summed E-state index contributed by atoms with van der Waals surface area (Å²) in [5.74, 6) is 0.672. The third-order valence-corrected chi connectivity index (χ3v) is 4.85. The fraction of sp³-hybridized carbons (Fsp3) is 1.00. The molecule has 14 heavy (non-hydrogen) atoms. The Morgan fingerprint density at radius 1 is 1.29 bits per heavy atom. The second-order valence-corrected chi connectivity index (χ2v) is 6.61. The van der Waals surface area contributed by atoms with Crippen LogP contribution < -0.4 is 0 Å². The molecule has 1 fully saturated rings. The topological polar surface area (TPSA) is 54.4 Å². The number of rotatable bonds is 4. The minimum absolute atomic E-state index is 0.213. The third-order valence-electron chi connectivity index (χ3n) is 3.11. The molecule has 0 bridgehead atoms. The van der Waals surface area contributed by atoms with Crippen LogP contribution in [0.1, 0.15) is 39.0 Å². The van der Waals surface area contributed by atoms with E-state index < -0.39 is 9.84 Å². The second-order valence-electron chi connectivity index (χ2n) is 4.14. The molecule has 0 spiro atoms. The van der Waals surface area contributed by atoms with Crippen LogP contribution in [-0.2, 0) is 9.84 Å². The highest BCUT2D eigenvalue weighted by Crippen LogP contribution is 2.27. The molecule has 2 unspecified atom stereocenters. The third kappa shape index (κ3) is 3.58. The lowest BCUT2D eigenvalue weighted by molar-refractivity contribution is 0.0683. The van der Waals surface area contributed by atoms with E-state index >= 15 is 0 Å². The summed E-state index contributed by atoms with van der Waals surface area (Å²) in [5.41, 5.74) is 0. The first kappa shape index (κ1) is 12.0. The Hall–Kier alpha value is -0.0900. The molecular formula is C10H20O3S. The summed E-state index contributed by atoms with van der Waals surface area (Å²) in [6.07, 6.45) is 4.41. The highest BCUT2D eigenvalue weighted by Gasteiger charge is 2.24. The van der Waals surface area contributed by atoms with Crippen LogP contribution in [0, 0.1) is 5.92 Å². The molecule has 0 aromatic carbocycles. The van der Waals surface area contributed by atoms with E-state index in [0.29, 0.717) is 6.42 Å². The summed E-state index contributed by atoms with van der Waals surface area (Å²) >= 11 is 0. The Morgan fingerprint density at radius 3 is 2.50 bits per heavy atom. The van der Waals surface area contributed by atoms with Crippen molar-refractivity contribution in [2.24, 2.45) is 5.92 Å². The van der Waals surface area contributed by atoms with Gasteiger partial charge in [0.25, 0.3) is 0 Å². The van der Waals surface area contributed by atoms with Gasteiger partial charge in [0.1, 0.15) is 9.84 Å². The van der Waals surface area contributed by atoms with Crippen LogP contribution in [0.5, 0.6) is 0 Å². The van der Waals surface area contributed by atoms with Gasteiger partial charge in [0.05, 0.1) is 11.9 Å². The molecule has 0 amide bonds. The summed E-state index contributed by atoms with van der Waals surface area (Å²) in [4.78, 5) is 0. The first-order chi connectivity index (χ1) is 6.55. The summed E-state index contributed by atoms with van der Waals surface area (Å²) in [7, 11) is -2.85. The minimum Gasteiger partial charge on any atom is -0.393 e. The Morgan fingerprint density at radius 2 is 1.93 bits per heavy atom. The normalized spacial score (nSPS) is 29.0. The summed E-state index contributed by atoms with van der Waals surface area (Å²) in [5, 5.41) is 9.64. The zero-order valence-electron chi connectivity index (χ0n) is 8.78. The predicted octanol–water partition coefficient (Wildman–Crippen LogP) is 1.36. The van der Waals surface area contributed by atoms with Gasteiger partial charge in [0.2, 0.25) is 0 Å². The van der Waals surface area contributed by atoms with Crippen LogP contribution in [-0.4, -0.2) is 31.1 Å². The predicted molar refractivity (Wildman–Crippen MR) is 56.9 cm³/mol. The molecule has 84 valence electrons. The van der Waals surface area contributed by atoms with Crippen molar-refractivity contribution in [2.75, 3.05) is 11.5 Å². The smallest absolute Gasteiger partial charge is 0.150 e. The van der Waals surface area contributed by atoms with Crippen LogP contribution in [0.15, 0.2) is 0 Å². The molecule has 0 radical (unpaired) electrons. The van der Waals surface area contributed by atoms with Gasteiger partial charge in [-0.15, -0.1) is 0 Å². The first-order valence-electron chi connectivity index (χ1n) is 5.43. The van der Waals surface area contributed by atoms with Crippen molar-refractivity contribution in [1.29, 1.82) is 0 Å². The lowest BCUT2D eigenvalue weighted by atomic mass is 9.85. The Balaban J connectivity index is 2.36. The van der Waals surface area contributed by atoms with Gasteiger partial charge in [-0.3, -0.25) is 0 Å². The number of aliphatic hydroxyl groups is 1. The zero-order chi connectivity index (χ0) is 10.6. The van der Waals surface area contributed by atoms with Crippen molar-refractivity contribution in [1.82, 2.24) is 0 Å². The first-order valence-corrected chi connectivity index (χ1v) is 7.26. The van der Waals surface area contributed by atoms with E-state index in [-0.39, 0.29) is 23.5 Å². The molecule has 1 aliphatic rings. The van der Waals surface area contributed by atoms with Crippen molar-refractivity contribution >= 4 is 9.84 Å². The lowest BCUT2D eigenvalue weighted by Crippen LogP contribution is -2.26. The highest BCUT2D eigenvalue weighted by molar-refractivity contribution is 7.91. The molecule has 4 heteroatoms. The minimum atomic E-state index is -2.85. The van der Waals surface area contributed by atoms with Crippen molar-refractivity contribution in [3.05, 3.63) is 0 Å². The van der Waals surface area contributed by atoms with E-state index in [2.05, 4.69) is 0 Å². The fourth-order valence-electron chi connectivity index (χ4n) is 2.00. The lowest BCUT2D eigenvalue weighted by Gasteiger charge is -2.27. The van der Waals surface area contributed by atoms with Crippen molar-refractivity contribution < 1.29 is 13.5 Å². The second kappa shape index (κ2) is 5.12. The maximum absolute atomic E-state index is 11.3. The molecule has 1 rings (SSSR count). The summed E-state index contributed by atoms with van der Waals surface area (Å²) < 4.78 is 22.5. The molecular weight excluding hydrogens is 200 g/mol. The van der Waals surface area contributed by atoms with Crippen molar-refractivity contribution in [3.63, 3.8) is 0 Å². The molecule has 3 nitrogen and oxygen atoms in total. The van der Waals surface area contributed by atoms with E-state index in [4.69, 9.17) is 0 Å². The van der Waals surface area contributed by atoms with Crippen molar-refractivity contribution in [2.45, 2.75) is 45.1 Å². The van der Waals surface area contributed by atoms with E-state index in [0.717, 1.165) is 25.7 Å². The average molecular weight is 220 g/mol. The van der Waals surface area contributed by atoms with Gasteiger partial charge in [-0.25, -0.2) is 8.42 Å². The number of sulfone groups is 1. The maximum Gasteiger partial charge on any atom is 0.150 e. The van der Waals surface area contributed by atoms with Crippen LogP contribution >= 0.6 is 0 Å². The van der Waals surface area contributed by atoms with Gasteiger partial charge in [0.15, 0.2) is 0 Å². The largest absolute Gasteiger partial charge is 0.393 e. The molecule has 0 heterocycles. The molecule has 1 N–H and O–H groups in total. The van der Waals surface area contributed by atoms with Crippen LogP contribution in [0.4, 0.5) is 0 Å². The van der Waals surface area contributed by atoms with Gasteiger partial charge in [-0.05, 0) is 25.2 Å². The summed E-state index contributed by atoms with van der Waals surface area (Å²) in [6.45, 7) is 1.67. The van der Waals surface area contributed by atoms with Gasteiger partial charge in [-0.1, -0.05) is 19.8 Å². The zero-order valence-corrected chi connectivity index (χ0v) is 9.59. The SMILES string of the molecule is CCS(=O)(=O)CCC1CCCCC1O. The van der Waals surface area contributed by atoms with E-state index in [1.165, 1.54) is 0 Å². The Labute approximate surface area is 86.4 Å². The number of aliphatic hydroxyl groups excluding tert-OH is 1. The van der Waals surface area contributed by atoms with Crippen LogP contribution in [0.25, 0.3) is 0 Å². The standard InChI is InChI=1S/C10H20O3S/c1-2-14(12,13)8-7-9-5-3-4-6-10(9)11/h9-11H,2-8H2,1H3. The van der Waals surface area contributed by atoms with Gasteiger partial charge < -0.3 is 5.11 Å². The quantitative estimate of drug-likeness (QED) is 0.778. The van der Waals surface area contributed by atoms with Gasteiger partial charge in [0, 0.05) is 5.75 Å². The highest BCUT2D eigenvalue weighted by atomic mass is 32.2. The maximum atomic E-state index is 11.3. The summed E-state index contributed by atoms with van der Waals surface area (Å²) in [6, 6.07) is 0. The molecule has 0 aromatic heterocycles. The molecule has 1 aliphatic carbocycles. The Kier molecular flexibility index (Phi) is 4.38. The van der Waals surface area contributed by atoms with Crippen LogP contribution in [0.2, 0.25) is 0 Å². The van der Waals surface area contributed by atoms with Gasteiger partial charge >= 0.3 is 0 Å². The van der Waals surface area contributed by atoms with E-state index in [1.807, 2.05) is 0 Å². The fourth-order valence-corrected chi connectivity index (χ4v) is 2.95. The van der Waals surface area contributed by atoms with Crippen molar-refractivity contribution in [3.8, 4) is 0 Å².